The number of hydrogen-bond acceptors (Lipinski definition) is 1. The van der Waals surface area contributed by atoms with Crippen LogP contribution in [0.3, 0.4) is 0 Å². The van der Waals surface area contributed by atoms with E-state index in [-0.39, 0.29) is 4.83 Å². The molecule has 1 aromatic rings. The van der Waals surface area contributed by atoms with Gasteiger partial charge in [0, 0.05) is 11.4 Å². The highest BCUT2D eigenvalue weighted by Crippen LogP contribution is 2.22. The summed E-state index contributed by atoms with van der Waals surface area (Å²) in [5.41, 5.74) is 0.824. The SMILES string of the molecule is Fc1ccc(CC(Br)CCC2CCCCO2)cc1F. The summed E-state index contributed by atoms with van der Waals surface area (Å²) in [6.07, 6.45) is 6.67. The second kappa shape index (κ2) is 7.34. The molecule has 1 aromatic carbocycles. The first-order valence-corrected chi connectivity index (χ1v) is 7.76. The molecular formula is C15H19BrF2O. The largest absolute Gasteiger partial charge is 0.378 e. The average Bonchev–Trinajstić information content (AvgIpc) is 2.42. The molecule has 19 heavy (non-hydrogen) atoms. The Kier molecular flexibility index (Phi) is 5.76. The molecule has 1 nitrogen and oxygen atoms in total. The fourth-order valence-corrected chi connectivity index (χ4v) is 3.06. The van der Waals surface area contributed by atoms with E-state index in [0.29, 0.717) is 12.5 Å². The Bertz CT molecular complexity index is 405. The molecule has 2 unspecified atom stereocenters. The topological polar surface area (TPSA) is 9.23 Å². The molecule has 0 amide bonds. The first-order chi connectivity index (χ1) is 9.15. The van der Waals surface area contributed by atoms with Crippen LogP contribution in [-0.4, -0.2) is 17.5 Å². The molecule has 0 aliphatic carbocycles. The molecule has 4 heteroatoms. The van der Waals surface area contributed by atoms with Crippen LogP contribution in [0.15, 0.2) is 18.2 Å². The van der Waals surface area contributed by atoms with Gasteiger partial charge < -0.3 is 4.74 Å². The quantitative estimate of drug-likeness (QED) is 0.715. The zero-order valence-electron chi connectivity index (χ0n) is 10.9. The van der Waals surface area contributed by atoms with Crippen molar-refractivity contribution in [1.82, 2.24) is 0 Å². The monoisotopic (exact) mass is 332 g/mol. The van der Waals surface area contributed by atoms with Gasteiger partial charge in [0.05, 0.1) is 6.10 Å². The molecule has 1 heterocycles. The fraction of sp³-hybridized carbons (Fsp3) is 0.600. The molecule has 1 aliphatic rings. The summed E-state index contributed by atoms with van der Waals surface area (Å²) in [7, 11) is 0. The fourth-order valence-electron chi connectivity index (χ4n) is 2.43. The lowest BCUT2D eigenvalue weighted by Gasteiger charge is -2.23. The summed E-state index contributed by atoms with van der Waals surface area (Å²) < 4.78 is 31.6. The number of hydrogen-bond donors (Lipinski definition) is 0. The van der Waals surface area contributed by atoms with Crippen LogP contribution in [0, 0.1) is 11.6 Å². The molecule has 0 N–H and O–H groups in total. The van der Waals surface area contributed by atoms with Gasteiger partial charge in [-0.2, -0.15) is 0 Å². The minimum absolute atomic E-state index is 0.280. The molecule has 1 saturated heterocycles. The zero-order chi connectivity index (χ0) is 13.7. The average molecular weight is 333 g/mol. The van der Waals surface area contributed by atoms with E-state index in [0.717, 1.165) is 31.4 Å². The van der Waals surface area contributed by atoms with Crippen molar-refractivity contribution in [3.05, 3.63) is 35.4 Å². The molecule has 0 radical (unpaired) electrons. The maximum Gasteiger partial charge on any atom is 0.159 e. The number of ether oxygens (including phenoxy) is 1. The standard InChI is InChI=1S/C15H19BrF2O/c16-12(5-6-13-3-1-2-8-19-13)9-11-4-7-14(17)15(18)10-11/h4,7,10,12-13H,1-3,5-6,8-9H2. The van der Waals surface area contributed by atoms with E-state index in [4.69, 9.17) is 4.74 Å². The first kappa shape index (κ1) is 14.9. The third-order valence-corrected chi connectivity index (χ3v) is 4.30. The normalized spacial score (nSPS) is 21.3. The van der Waals surface area contributed by atoms with E-state index in [2.05, 4.69) is 15.9 Å². The van der Waals surface area contributed by atoms with E-state index in [1.807, 2.05) is 0 Å². The lowest BCUT2D eigenvalue weighted by atomic mass is 10.0. The van der Waals surface area contributed by atoms with Crippen LogP contribution in [0.4, 0.5) is 8.78 Å². The van der Waals surface area contributed by atoms with E-state index < -0.39 is 11.6 Å². The van der Waals surface area contributed by atoms with Gasteiger partial charge in [0.1, 0.15) is 0 Å². The van der Waals surface area contributed by atoms with Gasteiger partial charge in [0.25, 0.3) is 0 Å². The summed E-state index contributed by atoms with van der Waals surface area (Å²) in [6.45, 7) is 0.876. The van der Waals surface area contributed by atoms with Gasteiger partial charge >= 0.3 is 0 Å². The third kappa shape index (κ3) is 4.84. The lowest BCUT2D eigenvalue weighted by molar-refractivity contribution is 0.0102. The highest BCUT2D eigenvalue weighted by molar-refractivity contribution is 9.09. The molecule has 0 bridgehead atoms. The summed E-state index contributed by atoms with van der Waals surface area (Å²) in [5, 5.41) is 0. The minimum atomic E-state index is -0.787. The molecule has 0 spiro atoms. The maximum absolute atomic E-state index is 13.1. The van der Waals surface area contributed by atoms with Gasteiger partial charge in [-0.25, -0.2) is 8.78 Å². The second-order valence-electron chi connectivity index (χ2n) is 5.12. The van der Waals surface area contributed by atoms with Crippen molar-refractivity contribution >= 4 is 15.9 Å². The van der Waals surface area contributed by atoms with Gasteiger partial charge in [0.2, 0.25) is 0 Å². The number of alkyl halides is 1. The predicted molar refractivity (Wildman–Crippen MR) is 75.6 cm³/mol. The van der Waals surface area contributed by atoms with E-state index >= 15 is 0 Å². The minimum Gasteiger partial charge on any atom is -0.378 e. The van der Waals surface area contributed by atoms with E-state index in [1.54, 1.807) is 6.07 Å². The second-order valence-corrected chi connectivity index (χ2v) is 6.41. The van der Waals surface area contributed by atoms with Crippen LogP contribution >= 0.6 is 15.9 Å². The first-order valence-electron chi connectivity index (χ1n) is 6.85. The Labute approximate surface area is 121 Å². The summed E-state index contributed by atoms with van der Waals surface area (Å²) in [5.74, 6) is -1.56. The van der Waals surface area contributed by atoms with E-state index in [9.17, 15) is 8.78 Å². The van der Waals surface area contributed by atoms with Gasteiger partial charge in [0.15, 0.2) is 11.6 Å². The maximum atomic E-state index is 13.1. The Hall–Kier alpha value is -0.480. The van der Waals surface area contributed by atoms with Crippen molar-refractivity contribution in [2.24, 2.45) is 0 Å². The highest BCUT2D eigenvalue weighted by atomic mass is 79.9. The van der Waals surface area contributed by atoms with Crippen LogP contribution in [0.1, 0.15) is 37.7 Å². The Balaban J connectivity index is 1.76. The summed E-state index contributed by atoms with van der Waals surface area (Å²) >= 11 is 3.61. The molecule has 2 rings (SSSR count). The van der Waals surface area contributed by atoms with Crippen LogP contribution in [0.5, 0.6) is 0 Å². The van der Waals surface area contributed by atoms with Crippen LogP contribution in [0.2, 0.25) is 0 Å². The predicted octanol–water partition coefficient (Wildman–Crippen LogP) is 4.62. The van der Waals surface area contributed by atoms with Crippen molar-refractivity contribution < 1.29 is 13.5 Å². The number of halogens is 3. The molecule has 1 fully saturated rings. The molecule has 0 saturated carbocycles. The number of benzene rings is 1. The molecule has 0 aromatic heterocycles. The number of rotatable bonds is 5. The summed E-state index contributed by atoms with van der Waals surface area (Å²) in [4.78, 5) is 0.280. The van der Waals surface area contributed by atoms with Crippen molar-refractivity contribution in [2.75, 3.05) is 6.61 Å². The van der Waals surface area contributed by atoms with Crippen molar-refractivity contribution in [3.8, 4) is 0 Å². The lowest BCUT2D eigenvalue weighted by Crippen LogP contribution is -2.20. The van der Waals surface area contributed by atoms with Crippen LogP contribution in [-0.2, 0) is 11.2 Å². The smallest absolute Gasteiger partial charge is 0.159 e. The van der Waals surface area contributed by atoms with E-state index in [1.165, 1.54) is 25.0 Å². The van der Waals surface area contributed by atoms with Gasteiger partial charge in [-0.15, -0.1) is 0 Å². The van der Waals surface area contributed by atoms with Crippen LogP contribution < -0.4 is 0 Å². The van der Waals surface area contributed by atoms with Crippen molar-refractivity contribution in [1.29, 1.82) is 0 Å². The molecule has 106 valence electrons. The van der Waals surface area contributed by atoms with Gasteiger partial charge in [-0.3, -0.25) is 0 Å². The van der Waals surface area contributed by atoms with Crippen molar-refractivity contribution in [2.45, 2.75) is 49.5 Å². The molecule has 1 aliphatic heterocycles. The van der Waals surface area contributed by atoms with Gasteiger partial charge in [-0.05, 0) is 56.2 Å². The highest BCUT2D eigenvalue weighted by Gasteiger charge is 2.16. The zero-order valence-corrected chi connectivity index (χ0v) is 12.5. The Morgan fingerprint density at radius 2 is 2.11 bits per heavy atom. The Morgan fingerprint density at radius 1 is 1.26 bits per heavy atom. The summed E-state index contributed by atoms with van der Waals surface area (Å²) in [6, 6.07) is 4.11. The third-order valence-electron chi connectivity index (χ3n) is 3.52. The molecular weight excluding hydrogens is 314 g/mol. The van der Waals surface area contributed by atoms with Crippen LogP contribution in [0.25, 0.3) is 0 Å². The van der Waals surface area contributed by atoms with Crippen molar-refractivity contribution in [3.63, 3.8) is 0 Å². The van der Waals surface area contributed by atoms with Gasteiger partial charge in [-0.1, -0.05) is 22.0 Å². The Morgan fingerprint density at radius 3 is 2.79 bits per heavy atom. The molecule has 2 atom stereocenters.